The minimum absolute atomic E-state index is 0.0757. The van der Waals surface area contributed by atoms with Crippen LogP contribution >= 0.6 is 27.5 Å². The average molecular weight is 791 g/mol. The maximum absolute atomic E-state index is 15.1. The number of aliphatic hydroxyl groups excluding tert-OH is 1. The fourth-order valence-electron chi connectivity index (χ4n) is 7.91. The second-order valence-electron chi connectivity index (χ2n) is 13.2. The Morgan fingerprint density at radius 1 is 1.04 bits per heavy atom. The number of anilines is 1. The highest BCUT2D eigenvalue weighted by Crippen LogP contribution is 2.61. The molecule has 1 unspecified atom stereocenters. The molecule has 3 saturated heterocycles. The van der Waals surface area contributed by atoms with Gasteiger partial charge in [0.05, 0.1) is 47.3 Å². The summed E-state index contributed by atoms with van der Waals surface area (Å²) in [5.74, 6) is -3.95. The summed E-state index contributed by atoms with van der Waals surface area (Å²) in [5, 5.41) is 14.3. The second-order valence-corrected chi connectivity index (χ2v) is 14.8. The molecule has 10 nitrogen and oxygen atoms in total. The van der Waals surface area contributed by atoms with Gasteiger partial charge in [-0.15, -0.1) is 13.2 Å². The van der Waals surface area contributed by atoms with Crippen LogP contribution < -0.4 is 10.2 Å². The zero-order valence-electron chi connectivity index (χ0n) is 28.5. The SMILES string of the molecule is C=CCCC(=O)OC[C@@H](NC(=O)[C@H]1[C@@H]2O[C@@]3(CC2Br)[C@@H]1C(=O)N([C@H](CO)c1ccccc1)[C@@H]3C(=O)N(CC=C)c1ccccc1Cl)c1ccccc1. The highest BCUT2D eigenvalue weighted by molar-refractivity contribution is 9.09. The lowest BCUT2D eigenvalue weighted by molar-refractivity contribution is -0.146. The predicted octanol–water partition coefficient (Wildman–Crippen LogP) is 5.71. The molecule has 2 bridgehead atoms. The van der Waals surface area contributed by atoms with Crippen molar-refractivity contribution >= 4 is 56.9 Å². The lowest BCUT2D eigenvalue weighted by Crippen LogP contribution is -2.58. The molecule has 3 aliphatic heterocycles. The number of nitrogens with zero attached hydrogens (tertiary/aromatic N) is 2. The van der Waals surface area contributed by atoms with Crippen LogP contribution in [0, 0.1) is 11.8 Å². The lowest BCUT2D eigenvalue weighted by atomic mass is 9.70. The highest BCUT2D eigenvalue weighted by atomic mass is 79.9. The molecule has 0 aromatic heterocycles. The Balaban J connectivity index is 1.40. The summed E-state index contributed by atoms with van der Waals surface area (Å²) in [4.78, 5) is 59.6. The van der Waals surface area contributed by atoms with Crippen molar-refractivity contribution in [2.45, 2.75) is 53.9 Å². The summed E-state index contributed by atoms with van der Waals surface area (Å²) in [6.07, 6.45) is 3.31. The molecule has 0 aliphatic carbocycles. The van der Waals surface area contributed by atoms with E-state index in [1.54, 1.807) is 60.7 Å². The third-order valence-corrected chi connectivity index (χ3v) is 11.3. The quantitative estimate of drug-likeness (QED) is 0.115. The van der Waals surface area contributed by atoms with E-state index < -0.39 is 72.0 Å². The lowest BCUT2D eigenvalue weighted by Gasteiger charge is -2.39. The second kappa shape index (κ2) is 16.2. The van der Waals surface area contributed by atoms with Gasteiger partial charge in [0.15, 0.2) is 0 Å². The van der Waals surface area contributed by atoms with Crippen LogP contribution in [0.1, 0.15) is 42.5 Å². The van der Waals surface area contributed by atoms with Crippen molar-refractivity contribution in [2.24, 2.45) is 11.8 Å². The summed E-state index contributed by atoms with van der Waals surface area (Å²) >= 11 is 10.4. The topological polar surface area (TPSA) is 125 Å². The van der Waals surface area contributed by atoms with E-state index in [0.717, 1.165) is 0 Å². The number of aliphatic hydroxyl groups is 1. The maximum atomic E-state index is 15.1. The molecule has 0 saturated carbocycles. The molecule has 2 N–H and O–H groups in total. The molecule has 3 aromatic rings. The number of amides is 3. The summed E-state index contributed by atoms with van der Waals surface area (Å²) in [6, 6.07) is 22.1. The van der Waals surface area contributed by atoms with E-state index in [-0.39, 0.29) is 30.8 Å². The molecule has 3 fully saturated rings. The normalized spacial score (nSPS) is 25.6. The zero-order valence-corrected chi connectivity index (χ0v) is 30.8. The summed E-state index contributed by atoms with van der Waals surface area (Å²) in [5.41, 5.74) is 0.316. The number of carbonyl (C=O) groups is 4. The molecule has 1 spiro atoms. The number of likely N-dealkylation sites (tertiary alicyclic amines) is 1. The van der Waals surface area contributed by atoms with Gasteiger partial charge in [-0.2, -0.15) is 0 Å². The van der Waals surface area contributed by atoms with Crippen LogP contribution in [0.4, 0.5) is 5.69 Å². The van der Waals surface area contributed by atoms with E-state index in [4.69, 9.17) is 21.1 Å². The highest BCUT2D eigenvalue weighted by Gasteiger charge is 2.77. The van der Waals surface area contributed by atoms with Crippen LogP contribution in [-0.4, -0.2) is 76.0 Å². The van der Waals surface area contributed by atoms with Gasteiger partial charge in [-0.1, -0.05) is 112 Å². The Morgan fingerprint density at radius 3 is 2.33 bits per heavy atom. The van der Waals surface area contributed by atoms with Crippen molar-refractivity contribution < 1.29 is 33.8 Å². The number of carbonyl (C=O) groups excluding carboxylic acids is 4. The van der Waals surface area contributed by atoms with Gasteiger partial charge in [-0.3, -0.25) is 19.2 Å². The molecular weight excluding hydrogens is 750 g/mol. The molecule has 0 radical (unpaired) electrons. The number of allylic oxidation sites excluding steroid dienone is 1. The third kappa shape index (κ3) is 6.94. The van der Waals surface area contributed by atoms with Crippen LogP contribution in [0.3, 0.4) is 0 Å². The molecule has 6 rings (SSSR count). The van der Waals surface area contributed by atoms with Crippen LogP contribution in [0.25, 0.3) is 0 Å². The number of para-hydroxylation sites is 1. The van der Waals surface area contributed by atoms with E-state index in [9.17, 15) is 19.5 Å². The summed E-state index contributed by atoms with van der Waals surface area (Å²) in [6.45, 7) is 6.97. The maximum Gasteiger partial charge on any atom is 0.306 e. The first-order chi connectivity index (χ1) is 25.2. The van der Waals surface area contributed by atoms with Gasteiger partial charge < -0.3 is 29.7 Å². The molecule has 3 heterocycles. The van der Waals surface area contributed by atoms with E-state index in [1.165, 1.54) is 9.80 Å². The first-order valence-corrected chi connectivity index (χ1v) is 18.5. The summed E-state index contributed by atoms with van der Waals surface area (Å²) < 4.78 is 12.3. The number of hydrogen-bond acceptors (Lipinski definition) is 7. The van der Waals surface area contributed by atoms with Gasteiger partial charge in [-0.25, -0.2) is 0 Å². The number of esters is 1. The first kappa shape index (κ1) is 37.5. The predicted molar refractivity (Wildman–Crippen MR) is 201 cm³/mol. The van der Waals surface area contributed by atoms with Gasteiger partial charge in [0.2, 0.25) is 11.8 Å². The fourth-order valence-corrected chi connectivity index (χ4v) is 9.09. The number of halogens is 2. The van der Waals surface area contributed by atoms with E-state index in [2.05, 4.69) is 34.4 Å². The van der Waals surface area contributed by atoms with Crippen LogP contribution in [-0.2, 0) is 28.7 Å². The molecule has 272 valence electrons. The van der Waals surface area contributed by atoms with Crippen molar-refractivity contribution in [3.05, 3.63) is 126 Å². The Morgan fingerprint density at radius 2 is 1.69 bits per heavy atom. The smallest absolute Gasteiger partial charge is 0.306 e. The first-order valence-electron chi connectivity index (χ1n) is 17.2. The molecule has 3 aromatic carbocycles. The van der Waals surface area contributed by atoms with Crippen molar-refractivity contribution in [3.8, 4) is 0 Å². The van der Waals surface area contributed by atoms with Gasteiger partial charge >= 0.3 is 5.97 Å². The van der Waals surface area contributed by atoms with Gasteiger partial charge in [0, 0.05) is 17.8 Å². The number of nitrogens with one attached hydrogen (secondary N) is 1. The summed E-state index contributed by atoms with van der Waals surface area (Å²) in [7, 11) is 0. The van der Waals surface area contributed by atoms with E-state index in [0.29, 0.717) is 28.3 Å². The van der Waals surface area contributed by atoms with Crippen molar-refractivity contribution in [3.63, 3.8) is 0 Å². The largest absolute Gasteiger partial charge is 0.463 e. The number of hydrogen-bond donors (Lipinski definition) is 2. The molecular formula is C40H41BrClN3O7. The Hall–Kier alpha value is -4.29. The number of benzene rings is 3. The van der Waals surface area contributed by atoms with Crippen molar-refractivity contribution in [1.29, 1.82) is 0 Å². The Bertz CT molecular complexity index is 1810. The Labute approximate surface area is 316 Å². The number of ether oxygens (including phenoxy) is 2. The fraction of sp³-hybridized carbons (Fsp3) is 0.350. The minimum atomic E-state index is -1.43. The van der Waals surface area contributed by atoms with Crippen molar-refractivity contribution in [2.75, 3.05) is 24.7 Å². The van der Waals surface area contributed by atoms with E-state index in [1.807, 2.05) is 36.4 Å². The number of fused-ring (bicyclic) bond motifs is 1. The minimum Gasteiger partial charge on any atom is -0.463 e. The van der Waals surface area contributed by atoms with Crippen LogP contribution in [0.2, 0.25) is 5.02 Å². The third-order valence-electron chi connectivity index (χ3n) is 10.2. The standard InChI is InChI=1S/C40H41BrClN3O7/c1-3-5-20-32(47)51-24-29(25-14-8-6-9-15-25)43-37(48)33-34-38(49)45(31(23-46)26-16-10-7-11-17-26)36(40(34)22-27(41)35(33)52-40)39(50)44(21-4-2)30-19-13-12-18-28(30)42/h3-4,6-19,27,29,31,33-36,46H,1-2,5,20-24H2,(H,43,48)/t27?,29-,31-,33-,34+,35-,36-,40+/m1/s1. The molecule has 8 atom stereocenters. The van der Waals surface area contributed by atoms with Gasteiger partial charge in [-0.05, 0) is 36.1 Å². The van der Waals surface area contributed by atoms with Crippen LogP contribution in [0.5, 0.6) is 0 Å². The van der Waals surface area contributed by atoms with Crippen molar-refractivity contribution in [1.82, 2.24) is 10.2 Å². The average Bonchev–Trinajstić information content (AvgIpc) is 3.76. The zero-order chi connectivity index (χ0) is 37.0. The molecule has 3 aliphatic rings. The number of rotatable bonds is 15. The molecule has 3 amide bonds. The monoisotopic (exact) mass is 789 g/mol. The molecule has 52 heavy (non-hydrogen) atoms. The molecule has 12 heteroatoms. The van der Waals surface area contributed by atoms with E-state index >= 15 is 4.79 Å². The van der Waals surface area contributed by atoms with Gasteiger partial charge in [0.25, 0.3) is 5.91 Å². The van der Waals surface area contributed by atoms with Crippen LogP contribution in [0.15, 0.2) is 110 Å². The number of alkyl halides is 1. The van der Waals surface area contributed by atoms with Gasteiger partial charge in [0.1, 0.15) is 18.2 Å². The Kier molecular flexibility index (Phi) is 11.6.